The normalized spacial score (nSPS) is 36.5. The van der Waals surface area contributed by atoms with Gasteiger partial charge in [0, 0.05) is 12.8 Å². The Morgan fingerprint density at radius 2 is 2.15 bits per heavy atom. The first-order valence-electron chi connectivity index (χ1n) is 7.00. The molecule has 20 heavy (non-hydrogen) atoms. The molecule has 2 bridgehead atoms. The molecule has 0 spiro atoms. The molecule has 2 aliphatic heterocycles. The summed E-state index contributed by atoms with van der Waals surface area (Å²) in [6.45, 7) is 9.73. The zero-order valence-electron chi connectivity index (χ0n) is 12.2. The van der Waals surface area contributed by atoms with E-state index in [1.54, 1.807) is 6.92 Å². The second kappa shape index (κ2) is 6.22. The molecule has 2 heterocycles. The Balaban J connectivity index is 2.06. The lowest BCUT2D eigenvalue weighted by Gasteiger charge is -2.48. The summed E-state index contributed by atoms with van der Waals surface area (Å²) in [6, 6.07) is 0. The van der Waals surface area contributed by atoms with Gasteiger partial charge in [-0.05, 0) is 19.4 Å². The Morgan fingerprint density at radius 3 is 2.75 bits per heavy atom. The van der Waals surface area contributed by atoms with Gasteiger partial charge in [0.2, 0.25) is 0 Å². The molecule has 0 aliphatic carbocycles. The first-order valence-corrected chi connectivity index (χ1v) is 7.00. The maximum Gasteiger partial charge on any atom is 0.312 e. The van der Waals surface area contributed by atoms with Crippen molar-refractivity contribution in [1.82, 2.24) is 0 Å². The summed E-state index contributed by atoms with van der Waals surface area (Å²) in [5, 5.41) is 0. The molecule has 2 fully saturated rings. The third-order valence-corrected chi connectivity index (χ3v) is 3.41. The van der Waals surface area contributed by atoms with Crippen LogP contribution < -0.4 is 0 Å². The van der Waals surface area contributed by atoms with E-state index in [1.165, 1.54) is 0 Å². The van der Waals surface area contributed by atoms with Gasteiger partial charge in [-0.1, -0.05) is 13.5 Å². The molecule has 6 nitrogen and oxygen atoms in total. The summed E-state index contributed by atoms with van der Waals surface area (Å²) >= 11 is 0. The number of fused-ring (bicyclic) bond motifs is 2. The Labute approximate surface area is 118 Å². The highest BCUT2D eigenvalue weighted by molar-refractivity contribution is 5.69. The van der Waals surface area contributed by atoms with E-state index < -0.39 is 5.97 Å². The van der Waals surface area contributed by atoms with Crippen LogP contribution in [0.2, 0.25) is 0 Å². The van der Waals surface area contributed by atoms with Crippen LogP contribution in [0, 0.1) is 0 Å². The summed E-state index contributed by atoms with van der Waals surface area (Å²) in [5.41, 5.74) is 0.816. The van der Waals surface area contributed by atoms with E-state index in [-0.39, 0.29) is 30.7 Å². The van der Waals surface area contributed by atoms with Crippen molar-refractivity contribution < 1.29 is 28.8 Å². The molecule has 2 unspecified atom stereocenters. The highest BCUT2D eigenvalue weighted by atomic mass is 17.3. The molecule has 6 heteroatoms. The van der Waals surface area contributed by atoms with E-state index in [1.807, 2.05) is 13.8 Å². The predicted octanol–water partition coefficient (Wildman–Crippen LogP) is 2.08. The van der Waals surface area contributed by atoms with Crippen molar-refractivity contribution in [2.75, 3.05) is 6.61 Å². The molecule has 114 valence electrons. The minimum absolute atomic E-state index is 0.182. The molecule has 0 saturated carbocycles. The lowest BCUT2D eigenvalue weighted by Crippen LogP contribution is -2.58. The van der Waals surface area contributed by atoms with Gasteiger partial charge in [-0.3, -0.25) is 4.79 Å². The van der Waals surface area contributed by atoms with Gasteiger partial charge in [0.25, 0.3) is 0 Å². The smallest absolute Gasteiger partial charge is 0.312 e. The van der Waals surface area contributed by atoms with Crippen molar-refractivity contribution in [3.63, 3.8) is 0 Å². The van der Waals surface area contributed by atoms with Crippen molar-refractivity contribution >= 4 is 5.97 Å². The van der Waals surface area contributed by atoms with Gasteiger partial charge >= 0.3 is 11.9 Å². The van der Waals surface area contributed by atoms with Crippen molar-refractivity contribution in [3.05, 3.63) is 12.2 Å². The van der Waals surface area contributed by atoms with E-state index in [0.29, 0.717) is 19.4 Å². The van der Waals surface area contributed by atoms with Gasteiger partial charge in [-0.25, -0.2) is 4.89 Å². The quantitative estimate of drug-likeness (QED) is 0.438. The number of carbonyl (C=O) groups is 1. The zero-order chi connectivity index (χ0) is 14.8. The number of esters is 1. The highest BCUT2D eigenvalue weighted by Gasteiger charge is 2.51. The van der Waals surface area contributed by atoms with Crippen molar-refractivity contribution in [2.24, 2.45) is 0 Å². The van der Waals surface area contributed by atoms with E-state index in [9.17, 15) is 4.79 Å². The van der Waals surface area contributed by atoms with Crippen LogP contribution in [0.1, 0.15) is 40.0 Å². The van der Waals surface area contributed by atoms with Crippen molar-refractivity contribution in [1.29, 1.82) is 0 Å². The minimum atomic E-state index is -1.23. The highest BCUT2D eigenvalue weighted by Crippen LogP contribution is 2.40. The molecule has 0 N–H and O–H groups in total. The first-order chi connectivity index (χ1) is 9.49. The molecular formula is C14H22O6. The van der Waals surface area contributed by atoms with Crippen LogP contribution in [0.5, 0.6) is 0 Å². The lowest BCUT2D eigenvalue weighted by atomic mass is 9.98. The number of hydrogen-bond donors (Lipinski definition) is 0. The molecule has 4 atom stereocenters. The van der Waals surface area contributed by atoms with Crippen LogP contribution >= 0.6 is 0 Å². The molecule has 2 rings (SSSR count). The third kappa shape index (κ3) is 3.20. The fourth-order valence-corrected chi connectivity index (χ4v) is 2.44. The van der Waals surface area contributed by atoms with Gasteiger partial charge in [0.05, 0.1) is 25.2 Å². The van der Waals surface area contributed by atoms with Crippen LogP contribution in [0.3, 0.4) is 0 Å². The third-order valence-electron chi connectivity index (χ3n) is 3.41. The Morgan fingerprint density at radius 1 is 1.40 bits per heavy atom. The monoisotopic (exact) mass is 286 g/mol. The summed E-state index contributed by atoms with van der Waals surface area (Å²) < 4.78 is 16.5. The fraction of sp³-hybridized carbons (Fsp3) is 0.786. The maximum atomic E-state index is 11.6. The minimum Gasteiger partial charge on any atom is -0.466 e. The zero-order valence-corrected chi connectivity index (χ0v) is 12.2. The number of ether oxygens (including phenoxy) is 3. The SMILES string of the molecule is C=C(C)[C@H]1OOC2(CC)OC1C[C@H](CC(=O)OCC)O2. The summed E-state index contributed by atoms with van der Waals surface area (Å²) in [6.07, 6.45) is 0.311. The first kappa shape index (κ1) is 15.4. The number of carbonyl (C=O) groups excluding carboxylic acids is 1. The van der Waals surface area contributed by atoms with Crippen LogP contribution in [0.4, 0.5) is 0 Å². The number of hydrogen-bond acceptors (Lipinski definition) is 6. The summed E-state index contributed by atoms with van der Waals surface area (Å²) in [4.78, 5) is 22.2. The summed E-state index contributed by atoms with van der Waals surface area (Å²) in [7, 11) is 0. The van der Waals surface area contributed by atoms with Crippen LogP contribution in [0.15, 0.2) is 12.2 Å². The molecule has 0 radical (unpaired) electrons. The largest absolute Gasteiger partial charge is 0.466 e. The van der Waals surface area contributed by atoms with Crippen LogP contribution in [-0.4, -0.2) is 36.9 Å². The fourth-order valence-electron chi connectivity index (χ4n) is 2.44. The molecule has 0 aromatic carbocycles. The van der Waals surface area contributed by atoms with E-state index >= 15 is 0 Å². The Hall–Kier alpha value is -0.950. The van der Waals surface area contributed by atoms with Gasteiger partial charge in [0.15, 0.2) is 0 Å². The van der Waals surface area contributed by atoms with E-state index in [0.717, 1.165) is 5.57 Å². The molecule has 2 saturated heterocycles. The molecular weight excluding hydrogens is 264 g/mol. The summed E-state index contributed by atoms with van der Waals surface area (Å²) in [5.74, 6) is -1.51. The second-order valence-electron chi connectivity index (χ2n) is 5.12. The maximum absolute atomic E-state index is 11.6. The lowest BCUT2D eigenvalue weighted by molar-refractivity contribution is -0.582. The van der Waals surface area contributed by atoms with Gasteiger partial charge in [0.1, 0.15) is 6.10 Å². The molecule has 0 aromatic heterocycles. The molecule has 0 amide bonds. The van der Waals surface area contributed by atoms with Crippen molar-refractivity contribution in [2.45, 2.75) is 64.3 Å². The van der Waals surface area contributed by atoms with Gasteiger partial charge in [-0.15, -0.1) is 0 Å². The van der Waals surface area contributed by atoms with Gasteiger partial charge < -0.3 is 14.2 Å². The van der Waals surface area contributed by atoms with E-state index in [2.05, 4.69) is 6.58 Å². The second-order valence-corrected chi connectivity index (χ2v) is 5.12. The van der Waals surface area contributed by atoms with Crippen molar-refractivity contribution in [3.8, 4) is 0 Å². The topological polar surface area (TPSA) is 63.2 Å². The Kier molecular flexibility index (Phi) is 4.80. The average molecular weight is 286 g/mol. The predicted molar refractivity (Wildman–Crippen MR) is 69.4 cm³/mol. The standard InChI is InChI=1S/C14H22O6/c1-5-14-17-10(8-12(15)16-6-2)7-11(18-14)13(9(3)4)19-20-14/h10-11,13H,3,5-8H2,1-2,4H3/t10-,11?,13-,14?/m1/s1. The van der Waals surface area contributed by atoms with E-state index in [4.69, 9.17) is 24.0 Å². The van der Waals surface area contributed by atoms with Crippen LogP contribution in [0.25, 0.3) is 0 Å². The van der Waals surface area contributed by atoms with Crippen LogP contribution in [-0.2, 0) is 28.8 Å². The average Bonchev–Trinajstić information content (AvgIpc) is 2.38. The Bertz CT molecular complexity index is 382. The number of rotatable bonds is 5. The molecule has 2 aliphatic rings. The molecule has 0 aromatic rings. The van der Waals surface area contributed by atoms with Gasteiger partial charge in [-0.2, -0.15) is 4.89 Å².